The lowest BCUT2D eigenvalue weighted by Crippen LogP contribution is -1.90. The number of hydrogen-bond donors (Lipinski definition) is 0. The van der Waals surface area contributed by atoms with Crippen molar-refractivity contribution < 1.29 is 0 Å². The Morgan fingerprint density at radius 1 is 0.370 bits per heavy atom. The summed E-state index contributed by atoms with van der Waals surface area (Å²) >= 11 is 3.77. The highest BCUT2D eigenvalue weighted by Gasteiger charge is 2.19. The maximum Gasteiger partial charge on any atom is 0.0448 e. The molecule has 2 heteroatoms. The molecule has 8 aromatic carbocycles. The Bertz CT molecular complexity index is 2740. The molecular formula is C44H26S2. The maximum absolute atomic E-state index is 2.43. The van der Waals surface area contributed by atoms with Gasteiger partial charge in [0.15, 0.2) is 0 Å². The minimum absolute atomic E-state index is 1.26. The van der Waals surface area contributed by atoms with Crippen LogP contribution in [0.15, 0.2) is 157 Å². The van der Waals surface area contributed by atoms with Gasteiger partial charge in [-0.25, -0.2) is 0 Å². The first-order valence-electron chi connectivity index (χ1n) is 15.7. The SMILES string of the molecule is c1ccc(-c2csc3ccc4c5ccc(-c6c7ccccc7c(-c7ccc8ccccc8c7)c7ccccc67)cc5sc4c23)cc1. The first-order valence-corrected chi connectivity index (χ1v) is 17.4. The van der Waals surface area contributed by atoms with E-state index in [2.05, 4.69) is 157 Å². The fourth-order valence-corrected chi connectivity index (χ4v) is 9.78. The van der Waals surface area contributed by atoms with Gasteiger partial charge in [-0.3, -0.25) is 0 Å². The summed E-state index contributed by atoms with van der Waals surface area (Å²) in [6, 6.07) is 56.0. The van der Waals surface area contributed by atoms with E-state index in [4.69, 9.17) is 0 Å². The summed E-state index contributed by atoms with van der Waals surface area (Å²) in [6.07, 6.45) is 0. The minimum Gasteiger partial charge on any atom is -0.143 e. The van der Waals surface area contributed by atoms with Gasteiger partial charge in [-0.15, -0.1) is 22.7 Å². The predicted molar refractivity (Wildman–Crippen MR) is 204 cm³/mol. The van der Waals surface area contributed by atoms with Gasteiger partial charge in [0, 0.05) is 35.8 Å². The standard InChI is InChI=1S/C44H26S2/c1-2-11-28(12-3-1)38-26-45-39-23-22-37-32-21-20-31(25-40(32)46-44(37)43(38)39)42-35-16-8-6-14-33(35)41(34-15-7-9-17-36(34)42)30-19-18-27-10-4-5-13-29(27)24-30/h1-26H. The van der Waals surface area contributed by atoms with Crippen LogP contribution in [0.3, 0.4) is 0 Å². The Labute approximate surface area is 274 Å². The Balaban J connectivity index is 1.24. The second kappa shape index (κ2) is 10.1. The summed E-state index contributed by atoms with van der Waals surface area (Å²) < 4.78 is 4.06. The first-order chi connectivity index (χ1) is 22.8. The number of rotatable bonds is 3. The number of fused-ring (bicyclic) bond motifs is 8. The molecular weight excluding hydrogens is 593 g/mol. The van der Waals surface area contributed by atoms with Crippen LogP contribution in [0.1, 0.15) is 0 Å². The average molecular weight is 619 g/mol. The molecule has 0 aliphatic rings. The molecule has 46 heavy (non-hydrogen) atoms. The molecule has 0 nitrogen and oxygen atoms in total. The predicted octanol–water partition coefficient (Wildman–Crippen LogP) is 13.7. The van der Waals surface area contributed by atoms with Crippen LogP contribution in [0.25, 0.3) is 96.0 Å². The summed E-state index contributed by atoms with van der Waals surface area (Å²) in [6.45, 7) is 0. The molecule has 0 unspecified atom stereocenters. The quantitative estimate of drug-likeness (QED) is 0.173. The van der Waals surface area contributed by atoms with Gasteiger partial charge in [0.2, 0.25) is 0 Å². The van der Waals surface area contributed by atoms with E-state index in [1.54, 1.807) is 0 Å². The van der Waals surface area contributed by atoms with Gasteiger partial charge in [0.1, 0.15) is 0 Å². The zero-order chi connectivity index (χ0) is 30.2. The van der Waals surface area contributed by atoms with Crippen molar-refractivity contribution in [1.29, 1.82) is 0 Å². The van der Waals surface area contributed by atoms with Crippen molar-refractivity contribution in [2.24, 2.45) is 0 Å². The highest BCUT2D eigenvalue weighted by molar-refractivity contribution is 7.27. The average Bonchev–Trinajstić information content (AvgIpc) is 3.72. The van der Waals surface area contributed by atoms with Crippen molar-refractivity contribution in [1.82, 2.24) is 0 Å². The molecule has 0 bridgehead atoms. The van der Waals surface area contributed by atoms with Crippen molar-refractivity contribution in [3.63, 3.8) is 0 Å². The van der Waals surface area contributed by atoms with Gasteiger partial charge in [0.25, 0.3) is 0 Å². The number of hydrogen-bond acceptors (Lipinski definition) is 2. The molecule has 0 atom stereocenters. The molecule has 0 amide bonds. The molecule has 2 heterocycles. The van der Waals surface area contributed by atoms with Crippen LogP contribution in [0.2, 0.25) is 0 Å². The molecule has 0 saturated heterocycles. The van der Waals surface area contributed by atoms with Gasteiger partial charge in [0.05, 0.1) is 0 Å². The molecule has 0 N–H and O–H groups in total. The largest absolute Gasteiger partial charge is 0.143 e. The lowest BCUT2D eigenvalue weighted by molar-refractivity contribution is 1.69. The van der Waals surface area contributed by atoms with E-state index < -0.39 is 0 Å². The Kier molecular flexibility index (Phi) is 5.72. The smallest absolute Gasteiger partial charge is 0.0448 e. The van der Waals surface area contributed by atoms with Gasteiger partial charge in [-0.2, -0.15) is 0 Å². The summed E-state index contributed by atoms with van der Waals surface area (Å²) in [5.41, 5.74) is 7.74. The van der Waals surface area contributed by atoms with Crippen molar-refractivity contribution in [3.05, 3.63) is 157 Å². The van der Waals surface area contributed by atoms with Crippen LogP contribution in [0.5, 0.6) is 0 Å². The van der Waals surface area contributed by atoms with Crippen LogP contribution >= 0.6 is 22.7 Å². The topological polar surface area (TPSA) is 0 Å². The molecule has 2 aromatic heterocycles. The zero-order valence-electron chi connectivity index (χ0n) is 24.8. The fourth-order valence-electron chi connectivity index (χ4n) is 7.44. The fraction of sp³-hybridized carbons (Fsp3) is 0. The third-order valence-electron chi connectivity index (χ3n) is 9.52. The van der Waals surface area contributed by atoms with Gasteiger partial charge >= 0.3 is 0 Å². The number of benzene rings is 8. The second-order valence-corrected chi connectivity index (χ2v) is 14.0. The van der Waals surface area contributed by atoms with Crippen molar-refractivity contribution in [2.75, 3.05) is 0 Å². The zero-order valence-corrected chi connectivity index (χ0v) is 26.5. The van der Waals surface area contributed by atoms with Crippen LogP contribution in [0.4, 0.5) is 0 Å². The Morgan fingerprint density at radius 3 is 1.67 bits per heavy atom. The van der Waals surface area contributed by atoms with E-state index in [0.717, 1.165) is 0 Å². The molecule has 0 radical (unpaired) electrons. The molecule has 10 rings (SSSR count). The van der Waals surface area contributed by atoms with Gasteiger partial charge < -0.3 is 0 Å². The maximum atomic E-state index is 2.43. The van der Waals surface area contributed by atoms with Crippen LogP contribution in [-0.4, -0.2) is 0 Å². The summed E-state index contributed by atoms with van der Waals surface area (Å²) in [7, 11) is 0. The van der Waals surface area contributed by atoms with E-state index in [-0.39, 0.29) is 0 Å². The van der Waals surface area contributed by atoms with Gasteiger partial charge in [-0.05, 0) is 83.7 Å². The van der Waals surface area contributed by atoms with Crippen molar-refractivity contribution >= 4 is 85.2 Å². The summed E-state index contributed by atoms with van der Waals surface area (Å²) in [5.74, 6) is 0. The van der Waals surface area contributed by atoms with E-state index >= 15 is 0 Å². The normalized spacial score (nSPS) is 11.9. The monoisotopic (exact) mass is 618 g/mol. The molecule has 214 valence electrons. The van der Waals surface area contributed by atoms with E-state index in [0.29, 0.717) is 0 Å². The minimum atomic E-state index is 1.26. The molecule has 0 spiro atoms. The molecule has 0 fully saturated rings. The van der Waals surface area contributed by atoms with E-state index in [1.165, 1.54) is 96.0 Å². The van der Waals surface area contributed by atoms with Crippen LogP contribution in [-0.2, 0) is 0 Å². The molecule has 0 aliphatic heterocycles. The lowest BCUT2D eigenvalue weighted by Gasteiger charge is -2.18. The van der Waals surface area contributed by atoms with Crippen molar-refractivity contribution in [2.45, 2.75) is 0 Å². The van der Waals surface area contributed by atoms with Crippen LogP contribution in [0, 0.1) is 0 Å². The van der Waals surface area contributed by atoms with Crippen LogP contribution < -0.4 is 0 Å². The highest BCUT2D eigenvalue weighted by Crippen LogP contribution is 2.48. The second-order valence-electron chi connectivity index (χ2n) is 12.0. The highest BCUT2D eigenvalue weighted by atomic mass is 32.1. The van der Waals surface area contributed by atoms with Crippen molar-refractivity contribution in [3.8, 4) is 33.4 Å². The van der Waals surface area contributed by atoms with E-state index in [1.807, 2.05) is 22.7 Å². The summed E-state index contributed by atoms with van der Waals surface area (Å²) in [4.78, 5) is 0. The lowest BCUT2D eigenvalue weighted by atomic mass is 9.85. The third kappa shape index (κ3) is 3.84. The summed E-state index contributed by atoms with van der Waals surface area (Å²) in [5, 5.41) is 14.1. The number of thiophene rings is 2. The Morgan fingerprint density at radius 2 is 0.957 bits per heavy atom. The Hall–Kier alpha value is -5.28. The first kappa shape index (κ1) is 26.0. The molecule has 10 aromatic rings. The van der Waals surface area contributed by atoms with E-state index in [9.17, 15) is 0 Å². The third-order valence-corrected chi connectivity index (χ3v) is 11.7. The van der Waals surface area contributed by atoms with Gasteiger partial charge in [-0.1, -0.05) is 133 Å². The molecule has 0 saturated carbocycles. The molecule has 0 aliphatic carbocycles.